The van der Waals surface area contributed by atoms with Crippen molar-refractivity contribution in [2.24, 2.45) is 5.92 Å². The molecule has 0 aliphatic carbocycles. The van der Waals surface area contributed by atoms with Crippen LogP contribution in [0.4, 0.5) is 0 Å². The molecule has 0 aromatic carbocycles. The van der Waals surface area contributed by atoms with E-state index in [-0.39, 0.29) is 0 Å². The van der Waals surface area contributed by atoms with Crippen molar-refractivity contribution in [3.8, 4) is 0 Å². The van der Waals surface area contributed by atoms with Gasteiger partial charge >= 0.3 is 0 Å². The number of H-pyrrole nitrogens is 1. The zero-order valence-electron chi connectivity index (χ0n) is 6.64. The third-order valence-electron chi connectivity index (χ3n) is 2.35. The highest BCUT2D eigenvalue weighted by Gasteiger charge is 2.14. The van der Waals surface area contributed by atoms with Gasteiger partial charge in [0.15, 0.2) is 0 Å². The third kappa shape index (κ3) is 1.63. The second-order valence-electron chi connectivity index (χ2n) is 3.28. The van der Waals surface area contributed by atoms with Crippen LogP contribution in [0.25, 0.3) is 0 Å². The Bertz CT molecular complexity index is 197. The predicted octanol–water partition coefficient (Wildman–Crippen LogP) is 1.17. The van der Waals surface area contributed by atoms with Gasteiger partial charge < -0.3 is 10.3 Å². The van der Waals surface area contributed by atoms with E-state index in [2.05, 4.69) is 22.6 Å². The highest BCUT2D eigenvalue weighted by atomic mass is 14.9. The van der Waals surface area contributed by atoms with Gasteiger partial charge in [0.25, 0.3) is 0 Å². The molecular weight excluding hydrogens is 136 g/mol. The van der Waals surface area contributed by atoms with Crippen LogP contribution in [0.3, 0.4) is 0 Å². The molecule has 2 heteroatoms. The van der Waals surface area contributed by atoms with Gasteiger partial charge in [-0.2, -0.15) is 0 Å². The van der Waals surface area contributed by atoms with Gasteiger partial charge in [-0.3, -0.25) is 0 Å². The summed E-state index contributed by atoms with van der Waals surface area (Å²) in [5.74, 6) is 0.866. The molecule has 0 saturated carbocycles. The largest absolute Gasteiger partial charge is 0.367 e. The van der Waals surface area contributed by atoms with E-state index >= 15 is 0 Å². The van der Waals surface area contributed by atoms with Gasteiger partial charge in [0.1, 0.15) is 0 Å². The molecule has 1 unspecified atom stereocenters. The van der Waals surface area contributed by atoms with E-state index < -0.39 is 0 Å². The highest BCUT2D eigenvalue weighted by molar-refractivity contribution is 5.09. The highest BCUT2D eigenvalue weighted by Crippen LogP contribution is 2.13. The van der Waals surface area contributed by atoms with E-state index in [1.54, 1.807) is 0 Å². The summed E-state index contributed by atoms with van der Waals surface area (Å²) < 4.78 is 0. The monoisotopic (exact) mass is 150 g/mol. The summed E-state index contributed by atoms with van der Waals surface area (Å²) in [6.07, 6.45) is 6.66. The summed E-state index contributed by atoms with van der Waals surface area (Å²) in [4.78, 5) is 3.08. The number of nitrogens with one attached hydrogen (secondary N) is 2. The lowest BCUT2D eigenvalue weighted by molar-refractivity contribution is 0.580. The maximum Gasteiger partial charge on any atom is 0.00374 e. The Labute approximate surface area is 67.0 Å². The van der Waals surface area contributed by atoms with Crippen LogP contribution in [0.1, 0.15) is 12.0 Å². The van der Waals surface area contributed by atoms with Crippen LogP contribution in [0.15, 0.2) is 18.5 Å². The first kappa shape index (κ1) is 6.92. The smallest absolute Gasteiger partial charge is 0.00374 e. The standard InChI is InChI=1S/C9H14N2/c1-3-10-6-8(1)5-9-2-4-11-7-9/h1,3,6,9-11H,2,4-5,7H2. The van der Waals surface area contributed by atoms with Crippen LogP contribution in [0.2, 0.25) is 0 Å². The molecule has 1 fully saturated rings. The van der Waals surface area contributed by atoms with Crippen molar-refractivity contribution in [3.05, 3.63) is 24.0 Å². The Morgan fingerprint density at radius 2 is 2.55 bits per heavy atom. The van der Waals surface area contributed by atoms with E-state index in [1.807, 2.05) is 6.20 Å². The van der Waals surface area contributed by atoms with Gasteiger partial charge in [-0.1, -0.05) is 0 Å². The molecule has 0 spiro atoms. The van der Waals surface area contributed by atoms with Gasteiger partial charge in [-0.05, 0) is 43.5 Å². The van der Waals surface area contributed by atoms with Crippen molar-refractivity contribution in [2.45, 2.75) is 12.8 Å². The number of aromatic nitrogens is 1. The first-order chi connectivity index (χ1) is 5.45. The number of hydrogen-bond acceptors (Lipinski definition) is 1. The molecule has 1 aromatic rings. The predicted molar refractivity (Wildman–Crippen MR) is 45.5 cm³/mol. The van der Waals surface area contributed by atoms with E-state index in [9.17, 15) is 0 Å². The molecule has 1 aromatic heterocycles. The molecule has 0 bridgehead atoms. The zero-order chi connectivity index (χ0) is 7.52. The van der Waals surface area contributed by atoms with Crippen molar-refractivity contribution in [2.75, 3.05) is 13.1 Å². The zero-order valence-corrected chi connectivity index (χ0v) is 6.64. The van der Waals surface area contributed by atoms with Crippen molar-refractivity contribution < 1.29 is 0 Å². The summed E-state index contributed by atoms with van der Waals surface area (Å²) in [5.41, 5.74) is 1.44. The molecule has 2 N–H and O–H groups in total. The molecule has 2 rings (SSSR count). The van der Waals surface area contributed by atoms with Crippen LogP contribution in [0, 0.1) is 5.92 Å². The average Bonchev–Trinajstić information content (AvgIpc) is 2.60. The van der Waals surface area contributed by atoms with Crippen LogP contribution in [-0.2, 0) is 6.42 Å². The van der Waals surface area contributed by atoms with E-state index in [0.717, 1.165) is 5.92 Å². The quantitative estimate of drug-likeness (QED) is 0.650. The summed E-state index contributed by atoms with van der Waals surface area (Å²) >= 11 is 0. The Morgan fingerprint density at radius 3 is 3.18 bits per heavy atom. The van der Waals surface area contributed by atoms with Crippen molar-refractivity contribution >= 4 is 0 Å². The molecule has 0 radical (unpaired) electrons. The maximum atomic E-state index is 3.37. The molecule has 1 aliphatic rings. The SMILES string of the molecule is c1cc(CC2CCNC2)c[nH]1. The second-order valence-corrected chi connectivity index (χ2v) is 3.28. The Morgan fingerprint density at radius 1 is 1.55 bits per heavy atom. The van der Waals surface area contributed by atoms with Gasteiger partial charge in [0.05, 0.1) is 0 Å². The Kier molecular flexibility index (Phi) is 1.95. The Hall–Kier alpha value is -0.760. The van der Waals surface area contributed by atoms with Crippen molar-refractivity contribution in [1.29, 1.82) is 0 Å². The number of rotatable bonds is 2. The lowest BCUT2D eigenvalue weighted by Gasteiger charge is -2.04. The van der Waals surface area contributed by atoms with Gasteiger partial charge in [-0.25, -0.2) is 0 Å². The van der Waals surface area contributed by atoms with Gasteiger partial charge in [-0.15, -0.1) is 0 Å². The molecule has 1 atom stereocenters. The molecule has 11 heavy (non-hydrogen) atoms. The van der Waals surface area contributed by atoms with Crippen LogP contribution >= 0.6 is 0 Å². The third-order valence-corrected chi connectivity index (χ3v) is 2.35. The molecule has 0 amide bonds. The minimum absolute atomic E-state index is 0.866. The normalized spacial score (nSPS) is 24.2. The summed E-state index contributed by atoms with van der Waals surface area (Å²) in [6, 6.07) is 2.16. The number of hydrogen-bond donors (Lipinski definition) is 2. The van der Waals surface area contributed by atoms with Crippen molar-refractivity contribution in [3.63, 3.8) is 0 Å². The fourth-order valence-electron chi connectivity index (χ4n) is 1.71. The lowest BCUT2D eigenvalue weighted by atomic mass is 10.0. The first-order valence-electron chi connectivity index (χ1n) is 4.27. The minimum atomic E-state index is 0.866. The van der Waals surface area contributed by atoms with Crippen LogP contribution in [0.5, 0.6) is 0 Å². The first-order valence-corrected chi connectivity index (χ1v) is 4.27. The second kappa shape index (κ2) is 3.09. The number of aromatic amines is 1. The Balaban J connectivity index is 1.90. The average molecular weight is 150 g/mol. The molecular formula is C9H14N2. The topological polar surface area (TPSA) is 27.8 Å². The minimum Gasteiger partial charge on any atom is -0.367 e. The van der Waals surface area contributed by atoms with E-state index in [0.29, 0.717) is 0 Å². The molecule has 1 saturated heterocycles. The summed E-state index contributed by atoms with van der Waals surface area (Å²) in [7, 11) is 0. The fraction of sp³-hybridized carbons (Fsp3) is 0.556. The summed E-state index contributed by atoms with van der Waals surface area (Å²) in [5, 5.41) is 3.37. The van der Waals surface area contributed by atoms with Gasteiger partial charge in [0.2, 0.25) is 0 Å². The van der Waals surface area contributed by atoms with E-state index in [1.165, 1.54) is 31.5 Å². The van der Waals surface area contributed by atoms with Crippen LogP contribution < -0.4 is 5.32 Å². The molecule has 2 nitrogen and oxygen atoms in total. The molecule has 1 aliphatic heterocycles. The van der Waals surface area contributed by atoms with Gasteiger partial charge in [0, 0.05) is 12.4 Å². The van der Waals surface area contributed by atoms with Crippen LogP contribution in [-0.4, -0.2) is 18.1 Å². The maximum absolute atomic E-state index is 3.37. The van der Waals surface area contributed by atoms with E-state index in [4.69, 9.17) is 0 Å². The fourth-order valence-corrected chi connectivity index (χ4v) is 1.71. The molecule has 60 valence electrons. The summed E-state index contributed by atoms with van der Waals surface area (Å²) in [6.45, 7) is 2.40. The lowest BCUT2D eigenvalue weighted by Crippen LogP contribution is -2.10. The van der Waals surface area contributed by atoms with Crippen molar-refractivity contribution in [1.82, 2.24) is 10.3 Å². The molecule has 2 heterocycles.